The second kappa shape index (κ2) is 12.4. The van der Waals surface area contributed by atoms with Gasteiger partial charge >= 0.3 is 12.2 Å². The lowest BCUT2D eigenvalue weighted by molar-refractivity contribution is -0.138. The molecule has 0 aliphatic carbocycles. The number of likely N-dealkylation sites (tertiary alicyclic amines) is 1. The van der Waals surface area contributed by atoms with Crippen molar-refractivity contribution in [3.63, 3.8) is 0 Å². The summed E-state index contributed by atoms with van der Waals surface area (Å²) in [6.45, 7) is -1.51. The summed E-state index contributed by atoms with van der Waals surface area (Å²) in [5.41, 5.74) is -3.36. The van der Waals surface area contributed by atoms with E-state index in [1.165, 1.54) is 13.0 Å². The van der Waals surface area contributed by atoms with Crippen LogP contribution in [0.1, 0.15) is 81.7 Å². The number of benzene rings is 2. The number of piperazine rings is 1. The highest BCUT2D eigenvalue weighted by atomic mass is 19.4. The number of piperidine rings is 1. The van der Waals surface area contributed by atoms with Gasteiger partial charge in [0.1, 0.15) is 5.82 Å². The molecule has 2 aliphatic heterocycles. The molecule has 0 aromatic heterocycles. The lowest BCUT2D eigenvalue weighted by Gasteiger charge is -2.47. The van der Waals surface area contributed by atoms with Gasteiger partial charge in [-0.1, -0.05) is 6.07 Å². The molecule has 0 bridgehead atoms. The highest BCUT2D eigenvalue weighted by Crippen LogP contribution is 2.39. The van der Waals surface area contributed by atoms with E-state index in [9.17, 15) is 35.9 Å². The quantitative estimate of drug-likeness (QED) is 0.349. The third-order valence-electron chi connectivity index (χ3n) is 8.34. The number of amides is 3. The second-order valence-electron chi connectivity index (χ2n) is 11.2. The Kier molecular flexibility index (Phi) is 7.22. The first-order chi connectivity index (χ1) is 22.4. The SMILES string of the molecule is [2H]C([2H])([2H])c1cc(F)ccc1[C@H]1C[C@@H](N2CCN(C(C)=O)CC2)CCN1C(=O)N([C@H](C)c1cc(C(C)(F)F)cc(C(F)(F)F)c1)C([2H])([2H])[2H]. The van der Waals surface area contributed by atoms with Crippen LogP contribution in [0.5, 0.6) is 0 Å². The number of rotatable bonds is 5. The molecular formula is C31H38F6N4O2. The zero-order valence-corrected chi connectivity index (χ0v) is 24.0. The lowest BCUT2D eigenvalue weighted by atomic mass is 9.88. The molecule has 6 nitrogen and oxygen atoms in total. The fourth-order valence-electron chi connectivity index (χ4n) is 5.79. The summed E-state index contributed by atoms with van der Waals surface area (Å²) in [6, 6.07) is 0.282. The van der Waals surface area contributed by atoms with Crippen molar-refractivity contribution in [2.24, 2.45) is 0 Å². The summed E-state index contributed by atoms with van der Waals surface area (Å²) in [5.74, 6) is -4.69. The first-order valence-electron chi connectivity index (χ1n) is 16.9. The van der Waals surface area contributed by atoms with Gasteiger partial charge in [0.2, 0.25) is 5.91 Å². The number of nitrogens with zero attached hydrogens (tertiary/aromatic N) is 4. The number of alkyl halides is 5. The van der Waals surface area contributed by atoms with Crippen LogP contribution >= 0.6 is 0 Å². The number of urea groups is 1. The number of halogens is 6. The molecule has 0 spiro atoms. The molecule has 3 atom stereocenters. The summed E-state index contributed by atoms with van der Waals surface area (Å²) in [7, 11) is 0. The number of hydrogen-bond acceptors (Lipinski definition) is 3. The van der Waals surface area contributed by atoms with Gasteiger partial charge in [-0.05, 0) is 73.6 Å². The maximum Gasteiger partial charge on any atom is 0.416 e. The van der Waals surface area contributed by atoms with Crippen molar-refractivity contribution in [1.29, 1.82) is 0 Å². The van der Waals surface area contributed by atoms with E-state index in [0.717, 1.165) is 30.0 Å². The fraction of sp³-hybridized carbons (Fsp3) is 0.548. The second-order valence-corrected chi connectivity index (χ2v) is 11.2. The van der Waals surface area contributed by atoms with Crippen molar-refractivity contribution < 1.29 is 44.2 Å². The van der Waals surface area contributed by atoms with E-state index in [1.54, 1.807) is 4.90 Å². The summed E-state index contributed by atoms with van der Waals surface area (Å²) >= 11 is 0. The van der Waals surface area contributed by atoms with E-state index in [1.807, 2.05) is 0 Å². The average molecular weight is 619 g/mol. The summed E-state index contributed by atoms with van der Waals surface area (Å²) in [4.78, 5) is 31.4. The van der Waals surface area contributed by atoms with Crippen molar-refractivity contribution >= 4 is 11.9 Å². The van der Waals surface area contributed by atoms with Crippen LogP contribution in [0.15, 0.2) is 36.4 Å². The first kappa shape index (κ1) is 25.1. The van der Waals surface area contributed by atoms with Crippen molar-refractivity contribution in [3.8, 4) is 0 Å². The third kappa shape index (κ3) is 7.27. The van der Waals surface area contributed by atoms with Gasteiger partial charge in [0.05, 0.1) is 17.6 Å². The van der Waals surface area contributed by atoms with Crippen LogP contribution in [0.2, 0.25) is 0 Å². The van der Waals surface area contributed by atoms with Crippen molar-refractivity contribution in [3.05, 3.63) is 70.0 Å². The lowest BCUT2D eigenvalue weighted by Crippen LogP contribution is -2.56. The molecule has 2 aromatic carbocycles. The van der Waals surface area contributed by atoms with Crippen LogP contribution < -0.4 is 0 Å². The van der Waals surface area contributed by atoms with Crippen LogP contribution in [0.3, 0.4) is 0 Å². The van der Waals surface area contributed by atoms with Crippen LogP contribution in [-0.2, 0) is 16.9 Å². The number of hydrogen-bond donors (Lipinski definition) is 0. The smallest absolute Gasteiger partial charge is 0.340 e. The standard InChI is InChI=1S/C31H38F6N4O2/c1-19-14-25(32)6-7-27(19)28-18-26(40-12-10-39(11-13-40)21(3)42)8-9-41(28)29(43)38(5)20(2)22-15-23(30(4,33)34)17-24(16-22)31(35,36)37/h6-7,14-17,20,26,28H,8-13,18H2,1-5H3/t20-,26+,28-/m1/s1/i1D3,5D3. The molecule has 4 rings (SSSR count). The summed E-state index contributed by atoms with van der Waals surface area (Å²) < 4.78 is 133. The van der Waals surface area contributed by atoms with Gasteiger partial charge in [0.15, 0.2) is 0 Å². The molecule has 0 radical (unpaired) electrons. The molecule has 2 aliphatic rings. The Hall–Kier alpha value is -3.28. The average Bonchev–Trinajstić information content (AvgIpc) is 2.98. The van der Waals surface area contributed by atoms with E-state index in [0.29, 0.717) is 44.1 Å². The maximum atomic E-state index is 14.4. The van der Waals surface area contributed by atoms with Crippen molar-refractivity contribution in [2.75, 3.05) is 39.7 Å². The molecule has 0 unspecified atom stereocenters. The fourth-order valence-corrected chi connectivity index (χ4v) is 5.79. The van der Waals surface area contributed by atoms with Crippen LogP contribution in [0.4, 0.5) is 31.1 Å². The predicted octanol–water partition coefficient (Wildman–Crippen LogP) is 6.75. The van der Waals surface area contributed by atoms with Gasteiger partial charge in [-0.15, -0.1) is 0 Å². The highest BCUT2D eigenvalue weighted by molar-refractivity contribution is 5.76. The largest absolute Gasteiger partial charge is 0.416 e. The predicted molar refractivity (Wildman–Crippen MR) is 150 cm³/mol. The molecule has 236 valence electrons. The Morgan fingerprint density at radius 1 is 1.00 bits per heavy atom. The summed E-state index contributed by atoms with van der Waals surface area (Å²) in [5, 5.41) is 0. The number of carbonyl (C=O) groups is 2. The molecule has 0 saturated carbocycles. The molecule has 2 heterocycles. The number of carbonyl (C=O) groups excluding carboxylic acids is 2. The Balaban J connectivity index is 1.79. The molecule has 2 saturated heterocycles. The maximum absolute atomic E-state index is 14.4. The van der Waals surface area contributed by atoms with Crippen LogP contribution in [0.25, 0.3) is 0 Å². The normalized spacial score (nSPS) is 23.7. The zero-order valence-electron chi connectivity index (χ0n) is 30.0. The third-order valence-corrected chi connectivity index (χ3v) is 8.34. The Bertz CT molecular complexity index is 1510. The molecular weight excluding hydrogens is 574 g/mol. The van der Waals surface area contributed by atoms with Gasteiger partial charge in [0.25, 0.3) is 5.92 Å². The number of aryl methyl sites for hydroxylation is 1. The van der Waals surface area contributed by atoms with Gasteiger partial charge in [-0.2, -0.15) is 13.2 Å². The van der Waals surface area contributed by atoms with Gasteiger partial charge in [0, 0.05) is 73.4 Å². The minimum absolute atomic E-state index is 0.0342. The van der Waals surface area contributed by atoms with Crippen LogP contribution in [-0.4, -0.2) is 77.3 Å². The van der Waals surface area contributed by atoms with E-state index in [2.05, 4.69) is 4.90 Å². The van der Waals surface area contributed by atoms with E-state index >= 15 is 0 Å². The highest BCUT2D eigenvalue weighted by Gasteiger charge is 2.40. The molecule has 12 heteroatoms. The minimum atomic E-state index is -5.07. The van der Waals surface area contributed by atoms with E-state index < -0.39 is 72.1 Å². The molecule has 43 heavy (non-hydrogen) atoms. The monoisotopic (exact) mass is 618 g/mol. The van der Waals surface area contributed by atoms with Crippen molar-refractivity contribution in [1.82, 2.24) is 19.6 Å². The Labute approximate surface area is 256 Å². The Morgan fingerprint density at radius 2 is 1.67 bits per heavy atom. The van der Waals surface area contributed by atoms with Gasteiger partial charge < -0.3 is 14.7 Å². The van der Waals surface area contributed by atoms with Crippen LogP contribution in [0, 0.1) is 12.7 Å². The Morgan fingerprint density at radius 3 is 2.26 bits per heavy atom. The topological polar surface area (TPSA) is 47.1 Å². The molecule has 3 amide bonds. The first-order valence-corrected chi connectivity index (χ1v) is 13.9. The summed E-state index contributed by atoms with van der Waals surface area (Å²) in [6.07, 6.45) is -4.70. The molecule has 2 fully saturated rings. The molecule has 2 aromatic rings. The van der Waals surface area contributed by atoms with E-state index in [-0.39, 0.29) is 43.0 Å². The molecule has 0 N–H and O–H groups in total. The van der Waals surface area contributed by atoms with Gasteiger partial charge in [-0.25, -0.2) is 18.0 Å². The van der Waals surface area contributed by atoms with E-state index in [4.69, 9.17) is 8.22 Å². The van der Waals surface area contributed by atoms with Crippen molar-refractivity contribution in [2.45, 2.75) is 70.7 Å². The minimum Gasteiger partial charge on any atom is -0.340 e. The zero-order chi connectivity index (χ0) is 36.9. The van der Waals surface area contributed by atoms with Gasteiger partial charge in [-0.3, -0.25) is 9.69 Å².